The van der Waals surface area contributed by atoms with Gasteiger partial charge in [0.2, 0.25) is 0 Å². The van der Waals surface area contributed by atoms with Gasteiger partial charge in [-0.2, -0.15) is 0 Å². The van der Waals surface area contributed by atoms with Gasteiger partial charge in [-0.3, -0.25) is 9.59 Å². The zero-order chi connectivity index (χ0) is 13.8. The molecule has 3 nitrogen and oxygen atoms in total. The van der Waals surface area contributed by atoms with Crippen molar-refractivity contribution in [2.75, 3.05) is 6.61 Å². The molecule has 0 saturated heterocycles. The molecule has 18 heavy (non-hydrogen) atoms. The number of rotatable bonds is 11. The minimum Gasteiger partial charge on any atom is -0.465 e. The average molecular weight is 254 g/mol. The lowest BCUT2D eigenvalue weighted by molar-refractivity contribution is -0.151. The summed E-state index contributed by atoms with van der Waals surface area (Å²) in [6.45, 7) is 7.57. The Morgan fingerprint density at radius 2 is 1.78 bits per heavy atom. The summed E-state index contributed by atoms with van der Waals surface area (Å²) < 4.78 is 5.12. The summed E-state index contributed by atoms with van der Waals surface area (Å²) >= 11 is 0. The molecular formula is C15H26O3. The molecule has 0 radical (unpaired) electrons. The zero-order valence-electron chi connectivity index (χ0n) is 11.7. The molecule has 0 spiro atoms. The summed E-state index contributed by atoms with van der Waals surface area (Å²) in [5, 5.41) is 0. The minimum atomic E-state index is -0.664. The molecule has 0 aliphatic rings. The van der Waals surface area contributed by atoms with E-state index in [4.69, 9.17) is 4.74 Å². The van der Waals surface area contributed by atoms with E-state index >= 15 is 0 Å². The van der Waals surface area contributed by atoms with Crippen LogP contribution in [0.3, 0.4) is 0 Å². The maximum Gasteiger partial charge on any atom is 0.316 e. The number of unbranched alkanes of at least 4 members (excludes halogenated alkanes) is 5. The molecule has 0 N–H and O–H groups in total. The molecule has 0 fully saturated rings. The van der Waals surface area contributed by atoms with Crippen LogP contribution in [0.25, 0.3) is 0 Å². The van der Waals surface area contributed by atoms with Crippen molar-refractivity contribution in [3.05, 3.63) is 12.7 Å². The third kappa shape index (κ3) is 8.04. The monoisotopic (exact) mass is 254 g/mol. The molecule has 0 bridgehead atoms. The first-order chi connectivity index (χ1) is 8.63. The predicted molar refractivity (Wildman–Crippen MR) is 73.3 cm³/mol. The first-order valence-electron chi connectivity index (χ1n) is 6.91. The van der Waals surface area contributed by atoms with E-state index in [9.17, 15) is 9.59 Å². The lowest BCUT2D eigenvalue weighted by Gasteiger charge is -2.11. The van der Waals surface area contributed by atoms with Crippen molar-refractivity contribution in [1.29, 1.82) is 0 Å². The van der Waals surface area contributed by atoms with Gasteiger partial charge >= 0.3 is 5.97 Å². The van der Waals surface area contributed by atoms with Gasteiger partial charge < -0.3 is 4.74 Å². The van der Waals surface area contributed by atoms with Crippen molar-refractivity contribution in [2.45, 2.75) is 58.8 Å². The van der Waals surface area contributed by atoms with Crippen LogP contribution in [0.1, 0.15) is 58.8 Å². The fraction of sp³-hybridized carbons (Fsp3) is 0.733. The highest BCUT2D eigenvalue weighted by atomic mass is 16.5. The Labute approximate surface area is 111 Å². The average Bonchev–Trinajstić information content (AvgIpc) is 2.34. The highest BCUT2D eigenvalue weighted by Crippen LogP contribution is 2.10. The van der Waals surface area contributed by atoms with E-state index in [0.717, 1.165) is 12.8 Å². The molecule has 0 rings (SSSR count). The van der Waals surface area contributed by atoms with Crippen LogP contribution in [0.2, 0.25) is 0 Å². The van der Waals surface area contributed by atoms with Gasteiger partial charge in [-0.15, -0.1) is 6.58 Å². The van der Waals surface area contributed by atoms with E-state index < -0.39 is 11.9 Å². The van der Waals surface area contributed by atoms with Crippen LogP contribution in [0.4, 0.5) is 0 Å². The van der Waals surface area contributed by atoms with Crippen molar-refractivity contribution in [1.82, 2.24) is 0 Å². The Kier molecular flexibility index (Phi) is 10.3. The van der Waals surface area contributed by atoms with Crippen LogP contribution in [0.5, 0.6) is 0 Å². The predicted octanol–water partition coefficient (Wildman–Crippen LogP) is 3.67. The molecule has 0 heterocycles. The van der Waals surface area contributed by atoms with Crippen LogP contribution in [-0.4, -0.2) is 18.4 Å². The molecule has 1 unspecified atom stereocenters. The molecule has 0 saturated carbocycles. The van der Waals surface area contributed by atoms with E-state index in [1.54, 1.807) is 6.08 Å². The fourth-order valence-electron chi connectivity index (χ4n) is 1.75. The SMILES string of the molecule is C=CCC(C(C)=O)C(=O)OCCCCCCCC. The number of ether oxygens (including phenoxy) is 1. The largest absolute Gasteiger partial charge is 0.465 e. The van der Waals surface area contributed by atoms with Crippen LogP contribution in [-0.2, 0) is 14.3 Å². The quantitative estimate of drug-likeness (QED) is 0.244. The Hall–Kier alpha value is -1.12. The van der Waals surface area contributed by atoms with Gasteiger partial charge in [0.1, 0.15) is 11.7 Å². The Morgan fingerprint density at radius 1 is 1.17 bits per heavy atom. The summed E-state index contributed by atoms with van der Waals surface area (Å²) in [6.07, 6.45) is 8.85. The van der Waals surface area contributed by atoms with Gasteiger partial charge in [-0.1, -0.05) is 45.1 Å². The standard InChI is InChI=1S/C15H26O3/c1-4-6-7-8-9-10-12-18-15(17)14(11-5-2)13(3)16/h5,14H,2,4,6-12H2,1,3H3. The molecule has 0 aromatic heterocycles. The topological polar surface area (TPSA) is 43.4 Å². The second-order valence-corrected chi connectivity index (χ2v) is 4.62. The number of ketones is 1. The van der Waals surface area contributed by atoms with Crippen LogP contribution >= 0.6 is 0 Å². The Bertz CT molecular complexity index is 258. The molecular weight excluding hydrogens is 228 g/mol. The normalized spacial score (nSPS) is 11.9. The van der Waals surface area contributed by atoms with Gasteiger partial charge in [-0.05, 0) is 19.8 Å². The third-order valence-electron chi connectivity index (χ3n) is 2.92. The van der Waals surface area contributed by atoms with Crippen LogP contribution in [0.15, 0.2) is 12.7 Å². The highest BCUT2D eigenvalue weighted by molar-refractivity contribution is 5.97. The summed E-state index contributed by atoms with van der Waals surface area (Å²) in [5.74, 6) is -1.22. The summed E-state index contributed by atoms with van der Waals surface area (Å²) in [7, 11) is 0. The van der Waals surface area contributed by atoms with Gasteiger partial charge in [-0.25, -0.2) is 0 Å². The fourth-order valence-corrected chi connectivity index (χ4v) is 1.75. The summed E-state index contributed by atoms with van der Waals surface area (Å²) in [4.78, 5) is 22.9. The number of carbonyl (C=O) groups excluding carboxylic acids is 2. The smallest absolute Gasteiger partial charge is 0.316 e. The maximum atomic E-state index is 11.6. The van der Waals surface area contributed by atoms with Crippen molar-refractivity contribution in [3.63, 3.8) is 0 Å². The van der Waals surface area contributed by atoms with Gasteiger partial charge in [0.05, 0.1) is 6.61 Å². The Balaban J connectivity index is 3.68. The molecule has 0 aliphatic carbocycles. The molecule has 1 atom stereocenters. The lowest BCUT2D eigenvalue weighted by atomic mass is 10.0. The number of hydrogen-bond donors (Lipinski definition) is 0. The number of carbonyl (C=O) groups is 2. The number of hydrogen-bond acceptors (Lipinski definition) is 3. The highest BCUT2D eigenvalue weighted by Gasteiger charge is 2.22. The molecule has 0 aromatic carbocycles. The number of Topliss-reactive ketones (excluding diaryl/α,β-unsaturated/α-hetero) is 1. The van der Waals surface area contributed by atoms with Crippen LogP contribution in [0, 0.1) is 5.92 Å². The molecule has 0 aromatic rings. The summed E-state index contributed by atoms with van der Waals surface area (Å²) in [6, 6.07) is 0. The van der Waals surface area contributed by atoms with E-state index in [1.165, 1.54) is 32.6 Å². The first kappa shape index (κ1) is 16.9. The van der Waals surface area contributed by atoms with Crippen LogP contribution < -0.4 is 0 Å². The van der Waals surface area contributed by atoms with Gasteiger partial charge in [0.15, 0.2) is 0 Å². The van der Waals surface area contributed by atoms with Gasteiger partial charge in [0.25, 0.3) is 0 Å². The van der Waals surface area contributed by atoms with Gasteiger partial charge in [0, 0.05) is 0 Å². The molecule has 0 aliphatic heterocycles. The second kappa shape index (κ2) is 11.0. The van der Waals surface area contributed by atoms with Crippen molar-refractivity contribution in [3.8, 4) is 0 Å². The minimum absolute atomic E-state index is 0.150. The molecule has 3 heteroatoms. The lowest BCUT2D eigenvalue weighted by Crippen LogP contribution is -2.24. The maximum absolute atomic E-state index is 11.6. The number of allylic oxidation sites excluding steroid dienone is 1. The van der Waals surface area contributed by atoms with Crippen molar-refractivity contribution in [2.24, 2.45) is 5.92 Å². The van der Waals surface area contributed by atoms with Crippen molar-refractivity contribution >= 4 is 11.8 Å². The van der Waals surface area contributed by atoms with E-state index in [-0.39, 0.29) is 5.78 Å². The van der Waals surface area contributed by atoms with E-state index in [2.05, 4.69) is 13.5 Å². The third-order valence-corrected chi connectivity index (χ3v) is 2.92. The van der Waals surface area contributed by atoms with Crippen molar-refractivity contribution < 1.29 is 14.3 Å². The molecule has 104 valence electrons. The Morgan fingerprint density at radius 3 is 2.33 bits per heavy atom. The molecule has 0 amide bonds. The first-order valence-corrected chi connectivity index (χ1v) is 6.91. The zero-order valence-corrected chi connectivity index (χ0v) is 11.7. The second-order valence-electron chi connectivity index (χ2n) is 4.62. The van der Waals surface area contributed by atoms with E-state index in [1.807, 2.05) is 0 Å². The summed E-state index contributed by atoms with van der Waals surface area (Å²) in [5.41, 5.74) is 0. The van der Waals surface area contributed by atoms with E-state index in [0.29, 0.717) is 13.0 Å². The number of esters is 1.